The van der Waals surface area contributed by atoms with Gasteiger partial charge >= 0.3 is 0 Å². The summed E-state index contributed by atoms with van der Waals surface area (Å²) in [6, 6.07) is 7.71. The first-order valence-corrected chi connectivity index (χ1v) is 8.88. The first kappa shape index (κ1) is 20.1. The fourth-order valence-corrected chi connectivity index (χ4v) is 2.78. The molecule has 1 aromatic rings. The molecule has 3 unspecified atom stereocenters. The number of benzene rings is 1. The van der Waals surface area contributed by atoms with Crippen LogP contribution in [0, 0.1) is 0 Å². The van der Waals surface area contributed by atoms with Crippen LogP contribution >= 0.6 is 0 Å². The highest BCUT2D eigenvalue weighted by Gasteiger charge is 2.13. The molecule has 5 N–H and O–H groups in total. The summed E-state index contributed by atoms with van der Waals surface area (Å²) in [5, 5.41) is 28.6. The fourth-order valence-electron chi connectivity index (χ4n) is 2.78. The zero-order valence-electron chi connectivity index (χ0n) is 14.3. The van der Waals surface area contributed by atoms with Gasteiger partial charge in [0.2, 0.25) is 0 Å². The second-order valence-corrected chi connectivity index (χ2v) is 6.46. The lowest BCUT2D eigenvalue weighted by Crippen LogP contribution is -2.19. The molecule has 3 atom stereocenters. The van der Waals surface area contributed by atoms with E-state index in [1.54, 1.807) is 0 Å². The van der Waals surface area contributed by atoms with Crippen molar-refractivity contribution in [1.82, 2.24) is 0 Å². The number of nitrogens with two attached hydrogens (primary N) is 1. The van der Waals surface area contributed by atoms with Gasteiger partial charge in [-0.15, -0.1) is 0 Å². The zero-order valence-corrected chi connectivity index (χ0v) is 14.3. The maximum absolute atomic E-state index is 10.1. The number of aliphatic hydroxyl groups is 3. The molecule has 0 saturated heterocycles. The monoisotopic (exact) mass is 323 g/mol. The van der Waals surface area contributed by atoms with E-state index in [4.69, 9.17) is 10.8 Å². The minimum absolute atomic E-state index is 0.0248. The van der Waals surface area contributed by atoms with Crippen LogP contribution in [0.3, 0.4) is 0 Å². The van der Waals surface area contributed by atoms with Gasteiger partial charge in [-0.1, -0.05) is 56.9 Å². The average molecular weight is 323 g/mol. The highest BCUT2D eigenvalue weighted by atomic mass is 16.3. The Morgan fingerprint density at radius 1 is 0.957 bits per heavy atom. The minimum atomic E-state index is -0.570. The highest BCUT2D eigenvalue weighted by Crippen LogP contribution is 2.19. The molecule has 0 spiro atoms. The van der Waals surface area contributed by atoms with Crippen molar-refractivity contribution in [3.63, 3.8) is 0 Å². The predicted molar refractivity (Wildman–Crippen MR) is 94.2 cm³/mol. The number of unbranched alkanes of at least 4 members (excludes halogenated alkanes) is 3. The van der Waals surface area contributed by atoms with Crippen LogP contribution < -0.4 is 5.73 Å². The van der Waals surface area contributed by atoms with Crippen molar-refractivity contribution in [1.29, 1.82) is 0 Å². The Labute approximate surface area is 140 Å². The van der Waals surface area contributed by atoms with Gasteiger partial charge in [-0.2, -0.15) is 0 Å². The van der Waals surface area contributed by atoms with E-state index < -0.39 is 6.10 Å². The van der Waals surface area contributed by atoms with Gasteiger partial charge in [0.05, 0.1) is 12.2 Å². The maximum atomic E-state index is 10.1. The van der Waals surface area contributed by atoms with E-state index in [0.717, 1.165) is 24.0 Å². The summed E-state index contributed by atoms with van der Waals surface area (Å²) in [6.45, 7) is 2.16. The smallest absolute Gasteiger partial charge is 0.0580 e. The molecule has 23 heavy (non-hydrogen) atoms. The topological polar surface area (TPSA) is 86.7 Å². The summed E-state index contributed by atoms with van der Waals surface area (Å²) >= 11 is 0. The Morgan fingerprint density at radius 2 is 1.65 bits per heavy atom. The average Bonchev–Trinajstić information content (AvgIpc) is 2.52. The van der Waals surface area contributed by atoms with Crippen LogP contribution in [0.2, 0.25) is 0 Å². The molecule has 0 aliphatic carbocycles. The molecule has 0 aliphatic heterocycles. The van der Waals surface area contributed by atoms with E-state index >= 15 is 0 Å². The summed E-state index contributed by atoms with van der Waals surface area (Å²) in [4.78, 5) is 0. The molecule has 4 heteroatoms. The molecular formula is C19H33NO3. The summed E-state index contributed by atoms with van der Waals surface area (Å²) in [7, 11) is 0. The van der Waals surface area contributed by atoms with E-state index in [1.807, 2.05) is 24.3 Å². The van der Waals surface area contributed by atoms with E-state index in [1.165, 1.54) is 19.3 Å². The lowest BCUT2D eigenvalue weighted by molar-refractivity contribution is 0.118. The van der Waals surface area contributed by atoms with Crippen molar-refractivity contribution < 1.29 is 15.3 Å². The molecule has 1 rings (SSSR count). The molecule has 0 aliphatic rings. The summed E-state index contributed by atoms with van der Waals surface area (Å²) < 4.78 is 0. The molecule has 0 bridgehead atoms. The van der Waals surface area contributed by atoms with Gasteiger partial charge in [0.15, 0.2) is 0 Å². The quantitative estimate of drug-likeness (QED) is 0.445. The third kappa shape index (κ3) is 8.47. The Morgan fingerprint density at radius 3 is 2.26 bits per heavy atom. The van der Waals surface area contributed by atoms with Gasteiger partial charge < -0.3 is 21.1 Å². The lowest BCUT2D eigenvalue weighted by Gasteiger charge is -2.17. The van der Waals surface area contributed by atoms with Crippen LogP contribution in [0.25, 0.3) is 0 Å². The van der Waals surface area contributed by atoms with E-state index in [0.29, 0.717) is 19.3 Å². The molecule has 1 aromatic carbocycles. The fraction of sp³-hybridized carbons (Fsp3) is 0.684. The molecular weight excluding hydrogens is 290 g/mol. The predicted octanol–water partition coefficient (Wildman–Crippen LogP) is 2.69. The second-order valence-electron chi connectivity index (χ2n) is 6.46. The van der Waals surface area contributed by atoms with Crippen LogP contribution in [-0.2, 0) is 6.42 Å². The molecule has 0 amide bonds. The van der Waals surface area contributed by atoms with Crippen LogP contribution in [0.4, 0.5) is 0 Å². The third-order valence-corrected chi connectivity index (χ3v) is 4.26. The van der Waals surface area contributed by atoms with Gasteiger partial charge in [-0.05, 0) is 36.8 Å². The Hall–Kier alpha value is -0.940. The molecule has 132 valence electrons. The van der Waals surface area contributed by atoms with Crippen molar-refractivity contribution >= 4 is 0 Å². The molecule has 4 nitrogen and oxygen atoms in total. The summed E-state index contributed by atoms with van der Waals surface area (Å²) in [6.07, 6.45) is 6.21. The van der Waals surface area contributed by atoms with Crippen LogP contribution in [-0.4, -0.2) is 34.1 Å². The Bertz CT molecular complexity index is 408. The van der Waals surface area contributed by atoms with Gasteiger partial charge in [0.1, 0.15) is 0 Å². The second kappa shape index (κ2) is 11.6. The van der Waals surface area contributed by atoms with Gasteiger partial charge in [-0.25, -0.2) is 0 Å². The van der Waals surface area contributed by atoms with Crippen molar-refractivity contribution in [2.75, 3.05) is 6.61 Å². The summed E-state index contributed by atoms with van der Waals surface area (Å²) in [5.41, 5.74) is 8.17. The van der Waals surface area contributed by atoms with Crippen molar-refractivity contribution in [2.24, 2.45) is 5.73 Å². The Balaban J connectivity index is 2.40. The number of hydrogen-bond acceptors (Lipinski definition) is 4. The van der Waals surface area contributed by atoms with Gasteiger partial charge in [0.25, 0.3) is 0 Å². The molecule has 0 heterocycles. The zero-order chi connectivity index (χ0) is 17.1. The Kier molecular flexibility index (Phi) is 10.1. The van der Waals surface area contributed by atoms with Crippen LogP contribution in [0.5, 0.6) is 0 Å². The highest BCUT2D eigenvalue weighted by molar-refractivity contribution is 5.25. The molecule has 0 fully saturated rings. The lowest BCUT2D eigenvalue weighted by atomic mass is 9.97. The first-order valence-electron chi connectivity index (χ1n) is 8.88. The number of aliphatic hydroxyl groups excluding tert-OH is 3. The minimum Gasteiger partial charge on any atom is -0.396 e. The van der Waals surface area contributed by atoms with Gasteiger partial charge in [-0.3, -0.25) is 0 Å². The van der Waals surface area contributed by atoms with Crippen molar-refractivity contribution in [2.45, 2.75) is 76.5 Å². The molecule has 0 aromatic heterocycles. The SMILES string of the molecule is CCCCCCC(O)Cc1ccc(C(N)CC(O)CCO)cc1. The first-order chi connectivity index (χ1) is 11.1. The largest absolute Gasteiger partial charge is 0.396 e. The number of hydrogen-bond donors (Lipinski definition) is 4. The van der Waals surface area contributed by atoms with Gasteiger partial charge in [0, 0.05) is 12.6 Å². The molecule has 0 saturated carbocycles. The van der Waals surface area contributed by atoms with Crippen molar-refractivity contribution in [3.05, 3.63) is 35.4 Å². The number of rotatable bonds is 12. The normalized spacial score (nSPS) is 15.3. The van der Waals surface area contributed by atoms with Crippen LogP contribution in [0.15, 0.2) is 24.3 Å². The maximum Gasteiger partial charge on any atom is 0.0580 e. The molecule has 0 radical (unpaired) electrons. The van der Waals surface area contributed by atoms with Crippen LogP contribution in [0.1, 0.15) is 69.0 Å². The standard InChI is InChI=1S/C19H33NO3/c1-2-3-4-5-6-17(22)13-15-7-9-16(10-8-15)19(20)14-18(23)11-12-21/h7-10,17-19,21-23H,2-6,11-14,20H2,1H3. The van der Waals surface area contributed by atoms with E-state index in [2.05, 4.69) is 6.92 Å². The van der Waals surface area contributed by atoms with E-state index in [-0.39, 0.29) is 18.8 Å². The summed E-state index contributed by atoms with van der Waals surface area (Å²) in [5.74, 6) is 0. The van der Waals surface area contributed by atoms with E-state index in [9.17, 15) is 10.2 Å². The van der Waals surface area contributed by atoms with Crippen molar-refractivity contribution in [3.8, 4) is 0 Å². The third-order valence-electron chi connectivity index (χ3n) is 4.26.